The summed E-state index contributed by atoms with van der Waals surface area (Å²) in [4.78, 5) is 14.6. The first kappa shape index (κ1) is 24.9. The summed E-state index contributed by atoms with van der Waals surface area (Å²) in [5.74, 6) is 1.87. The van der Waals surface area contributed by atoms with Gasteiger partial charge in [-0.3, -0.25) is 0 Å². The quantitative estimate of drug-likeness (QED) is 0.214. The van der Waals surface area contributed by atoms with Crippen molar-refractivity contribution < 1.29 is 4.42 Å². The minimum absolute atomic E-state index is 0.604. The lowest BCUT2D eigenvalue weighted by Crippen LogP contribution is -2.00. The van der Waals surface area contributed by atoms with E-state index < -0.39 is 0 Å². The lowest BCUT2D eigenvalue weighted by molar-refractivity contribution is 0.669. The van der Waals surface area contributed by atoms with Gasteiger partial charge < -0.3 is 4.42 Å². The Labute approximate surface area is 249 Å². The normalized spacial score (nSPS) is 11.3. The van der Waals surface area contributed by atoms with Crippen LogP contribution in [0, 0.1) is 0 Å². The predicted molar refractivity (Wildman–Crippen MR) is 174 cm³/mol. The van der Waals surface area contributed by atoms with E-state index in [0.29, 0.717) is 17.5 Å². The molecule has 0 spiro atoms. The van der Waals surface area contributed by atoms with Crippen molar-refractivity contribution in [3.63, 3.8) is 0 Å². The van der Waals surface area contributed by atoms with Crippen LogP contribution in [-0.4, -0.2) is 15.0 Å². The molecule has 0 unspecified atom stereocenters. The van der Waals surface area contributed by atoms with Crippen LogP contribution in [0.5, 0.6) is 0 Å². The van der Waals surface area contributed by atoms with E-state index >= 15 is 0 Å². The number of hydrogen-bond acceptors (Lipinski definition) is 4. The van der Waals surface area contributed by atoms with E-state index in [-0.39, 0.29) is 0 Å². The van der Waals surface area contributed by atoms with Crippen LogP contribution < -0.4 is 0 Å². The summed E-state index contributed by atoms with van der Waals surface area (Å²) < 4.78 is 6.38. The first-order valence-corrected chi connectivity index (χ1v) is 14.3. The molecule has 0 saturated carbocycles. The Morgan fingerprint density at radius 1 is 0.326 bits per heavy atom. The zero-order valence-electron chi connectivity index (χ0n) is 23.2. The summed E-state index contributed by atoms with van der Waals surface area (Å²) in [5, 5.41) is 2.13. The topological polar surface area (TPSA) is 51.8 Å². The van der Waals surface area contributed by atoms with Crippen LogP contribution in [0.25, 0.3) is 78.4 Å². The molecule has 202 valence electrons. The summed E-state index contributed by atoms with van der Waals surface area (Å²) in [6.45, 7) is 0. The number of nitrogens with zero attached hydrogens (tertiary/aromatic N) is 3. The van der Waals surface area contributed by atoms with Gasteiger partial charge in [0, 0.05) is 27.5 Å². The first-order valence-electron chi connectivity index (χ1n) is 14.3. The molecule has 4 nitrogen and oxygen atoms in total. The van der Waals surface area contributed by atoms with Crippen LogP contribution in [0.15, 0.2) is 156 Å². The van der Waals surface area contributed by atoms with Gasteiger partial charge in [0.25, 0.3) is 0 Å². The van der Waals surface area contributed by atoms with Gasteiger partial charge in [-0.1, -0.05) is 127 Å². The molecule has 0 radical (unpaired) electrons. The Bertz CT molecular complexity index is 2170. The number of benzene rings is 6. The Kier molecular flexibility index (Phi) is 6.08. The maximum atomic E-state index is 6.38. The predicted octanol–water partition coefficient (Wildman–Crippen LogP) is 10.1. The smallest absolute Gasteiger partial charge is 0.164 e. The van der Waals surface area contributed by atoms with Crippen LogP contribution in [0.4, 0.5) is 0 Å². The van der Waals surface area contributed by atoms with E-state index in [1.165, 1.54) is 16.7 Å². The van der Waals surface area contributed by atoms with Crippen molar-refractivity contribution in [3.8, 4) is 56.4 Å². The molecule has 0 atom stereocenters. The molecular weight excluding hydrogens is 526 g/mol. The second kappa shape index (κ2) is 10.5. The van der Waals surface area contributed by atoms with Crippen molar-refractivity contribution in [3.05, 3.63) is 152 Å². The van der Waals surface area contributed by atoms with Gasteiger partial charge in [-0.2, -0.15) is 0 Å². The summed E-state index contributed by atoms with van der Waals surface area (Å²) in [5.41, 5.74) is 9.14. The summed E-state index contributed by atoms with van der Waals surface area (Å²) >= 11 is 0. The van der Waals surface area contributed by atoms with Crippen molar-refractivity contribution in [2.45, 2.75) is 0 Å². The summed E-state index contributed by atoms with van der Waals surface area (Å²) in [7, 11) is 0. The first-order chi connectivity index (χ1) is 21.3. The molecule has 0 N–H and O–H groups in total. The van der Waals surface area contributed by atoms with E-state index in [1.54, 1.807) is 0 Å². The zero-order valence-corrected chi connectivity index (χ0v) is 23.2. The van der Waals surface area contributed by atoms with Gasteiger partial charge in [0.2, 0.25) is 0 Å². The SMILES string of the molecule is c1ccc(-c2nc(-c3ccccc3)nc(-c3ccc4c(c3)oc3ccc(-c5ccccc5-c5ccccc5)cc34)n2)cc1. The second-order valence-electron chi connectivity index (χ2n) is 10.5. The molecule has 2 aromatic heterocycles. The van der Waals surface area contributed by atoms with Gasteiger partial charge in [0.05, 0.1) is 0 Å². The fraction of sp³-hybridized carbons (Fsp3) is 0. The molecule has 0 fully saturated rings. The molecule has 6 aromatic carbocycles. The minimum Gasteiger partial charge on any atom is -0.456 e. The van der Waals surface area contributed by atoms with Crippen molar-refractivity contribution >= 4 is 21.9 Å². The molecule has 4 heteroatoms. The van der Waals surface area contributed by atoms with Gasteiger partial charge in [0.1, 0.15) is 11.2 Å². The standard InChI is InChI=1S/C39H25N3O/c1-4-12-26(13-5-1)31-18-10-11-19-32(31)29-21-23-35-34(24-29)33-22-20-30(25-36(33)43-35)39-41-37(27-14-6-2-7-15-27)40-38(42-39)28-16-8-3-9-17-28/h1-25H. The molecule has 0 bridgehead atoms. The number of furan rings is 1. The Morgan fingerprint density at radius 2 is 0.814 bits per heavy atom. The minimum atomic E-state index is 0.604. The van der Waals surface area contributed by atoms with E-state index in [1.807, 2.05) is 72.8 Å². The number of rotatable bonds is 5. The summed E-state index contributed by atoms with van der Waals surface area (Å²) in [6, 6.07) is 51.7. The molecule has 0 amide bonds. The van der Waals surface area contributed by atoms with Gasteiger partial charge in [-0.15, -0.1) is 0 Å². The maximum Gasteiger partial charge on any atom is 0.164 e. The molecule has 8 rings (SSSR count). The molecule has 0 aliphatic carbocycles. The fourth-order valence-corrected chi connectivity index (χ4v) is 5.63. The van der Waals surface area contributed by atoms with E-state index in [0.717, 1.165) is 44.2 Å². The molecule has 2 heterocycles. The van der Waals surface area contributed by atoms with Gasteiger partial charge in [-0.25, -0.2) is 15.0 Å². The van der Waals surface area contributed by atoms with Crippen LogP contribution in [0.1, 0.15) is 0 Å². The van der Waals surface area contributed by atoms with Gasteiger partial charge >= 0.3 is 0 Å². The Hall–Kier alpha value is -5.87. The summed E-state index contributed by atoms with van der Waals surface area (Å²) in [6.07, 6.45) is 0. The van der Waals surface area contributed by atoms with Crippen LogP contribution >= 0.6 is 0 Å². The fourth-order valence-electron chi connectivity index (χ4n) is 5.63. The van der Waals surface area contributed by atoms with Crippen molar-refractivity contribution in [1.82, 2.24) is 15.0 Å². The van der Waals surface area contributed by atoms with Crippen molar-refractivity contribution in [2.75, 3.05) is 0 Å². The van der Waals surface area contributed by atoms with Gasteiger partial charge in [-0.05, 0) is 46.5 Å². The molecular formula is C39H25N3O. The highest BCUT2D eigenvalue weighted by Gasteiger charge is 2.15. The van der Waals surface area contributed by atoms with Crippen LogP contribution in [-0.2, 0) is 0 Å². The molecule has 8 aromatic rings. The van der Waals surface area contributed by atoms with E-state index in [2.05, 4.69) is 78.9 Å². The zero-order chi connectivity index (χ0) is 28.6. The Balaban J connectivity index is 1.24. The average Bonchev–Trinajstić information content (AvgIpc) is 3.46. The van der Waals surface area contributed by atoms with E-state index in [9.17, 15) is 0 Å². The molecule has 0 aliphatic heterocycles. The van der Waals surface area contributed by atoms with E-state index in [4.69, 9.17) is 19.4 Å². The highest BCUT2D eigenvalue weighted by molar-refractivity contribution is 6.07. The average molecular weight is 552 g/mol. The maximum absolute atomic E-state index is 6.38. The third-order valence-corrected chi connectivity index (χ3v) is 7.75. The highest BCUT2D eigenvalue weighted by Crippen LogP contribution is 2.37. The van der Waals surface area contributed by atoms with Crippen LogP contribution in [0.3, 0.4) is 0 Å². The molecule has 0 aliphatic rings. The lowest BCUT2D eigenvalue weighted by Gasteiger charge is -2.10. The lowest BCUT2D eigenvalue weighted by atomic mass is 9.94. The highest BCUT2D eigenvalue weighted by atomic mass is 16.3. The number of fused-ring (bicyclic) bond motifs is 3. The Morgan fingerprint density at radius 3 is 1.42 bits per heavy atom. The third kappa shape index (κ3) is 4.65. The number of aromatic nitrogens is 3. The van der Waals surface area contributed by atoms with Gasteiger partial charge in [0.15, 0.2) is 17.5 Å². The second-order valence-corrected chi connectivity index (χ2v) is 10.5. The molecule has 43 heavy (non-hydrogen) atoms. The van der Waals surface area contributed by atoms with Crippen molar-refractivity contribution in [2.24, 2.45) is 0 Å². The van der Waals surface area contributed by atoms with Crippen molar-refractivity contribution in [1.29, 1.82) is 0 Å². The third-order valence-electron chi connectivity index (χ3n) is 7.75. The largest absolute Gasteiger partial charge is 0.456 e. The number of hydrogen-bond donors (Lipinski definition) is 0. The monoisotopic (exact) mass is 551 g/mol. The molecule has 0 saturated heterocycles. The van der Waals surface area contributed by atoms with Crippen LogP contribution in [0.2, 0.25) is 0 Å².